The van der Waals surface area contributed by atoms with Crippen molar-refractivity contribution in [3.8, 4) is 11.4 Å². The fraction of sp³-hybridized carbons (Fsp3) is 0.333. The van der Waals surface area contributed by atoms with Gasteiger partial charge in [0.1, 0.15) is 0 Å². The van der Waals surface area contributed by atoms with Crippen molar-refractivity contribution in [2.75, 3.05) is 0 Å². The molecule has 1 N–H and O–H groups in total. The van der Waals surface area contributed by atoms with Crippen molar-refractivity contribution in [2.45, 2.75) is 26.2 Å². The second kappa shape index (κ2) is 4.14. The van der Waals surface area contributed by atoms with E-state index in [0.717, 1.165) is 15.6 Å². The number of benzene rings is 1. The normalized spacial score (nSPS) is 11.8. The number of nitrogens with one attached hydrogen (secondary N) is 1. The monoisotopic (exact) mass is 296 g/mol. The molecule has 90 valence electrons. The maximum absolute atomic E-state index is 11.0. The van der Waals surface area contributed by atoms with Gasteiger partial charge < -0.3 is 0 Å². The molecule has 0 saturated heterocycles. The first kappa shape index (κ1) is 12.1. The molecule has 0 amide bonds. The van der Waals surface area contributed by atoms with Gasteiger partial charge in [0.25, 0.3) is 0 Å². The molecular formula is C12H13BrN2O2. The van der Waals surface area contributed by atoms with E-state index in [1.807, 2.05) is 18.2 Å². The molecular weight excluding hydrogens is 284 g/mol. The Morgan fingerprint density at radius 3 is 2.59 bits per heavy atom. The number of aromatic amines is 1. The highest BCUT2D eigenvalue weighted by Gasteiger charge is 2.21. The van der Waals surface area contributed by atoms with E-state index in [1.54, 1.807) is 0 Å². The molecule has 0 radical (unpaired) electrons. The predicted octanol–water partition coefficient (Wildman–Crippen LogP) is 3.09. The van der Waals surface area contributed by atoms with Crippen LogP contribution in [0.1, 0.15) is 26.3 Å². The summed E-state index contributed by atoms with van der Waals surface area (Å²) in [6.45, 7) is 6.32. The highest BCUT2D eigenvalue weighted by Crippen LogP contribution is 2.33. The molecule has 0 fully saturated rings. The van der Waals surface area contributed by atoms with Crippen LogP contribution in [0.2, 0.25) is 0 Å². The van der Waals surface area contributed by atoms with Crippen LogP contribution in [0.3, 0.4) is 0 Å². The third kappa shape index (κ3) is 2.49. The number of H-pyrrole nitrogens is 1. The zero-order chi connectivity index (χ0) is 12.6. The van der Waals surface area contributed by atoms with Crippen LogP contribution in [0.5, 0.6) is 0 Å². The molecule has 2 aromatic rings. The van der Waals surface area contributed by atoms with E-state index in [2.05, 4.69) is 51.4 Å². The van der Waals surface area contributed by atoms with E-state index >= 15 is 0 Å². The minimum atomic E-state index is -0.539. The van der Waals surface area contributed by atoms with Gasteiger partial charge in [-0.1, -0.05) is 41.9 Å². The summed E-state index contributed by atoms with van der Waals surface area (Å²) in [6.07, 6.45) is 0. The Kier molecular flexibility index (Phi) is 2.95. The number of hydrogen-bond donors (Lipinski definition) is 1. The van der Waals surface area contributed by atoms with E-state index in [9.17, 15) is 4.79 Å². The Labute approximate surface area is 107 Å². The van der Waals surface area contributed by atoms with Gasteiger partial charge in [0.15, 0.2) is 5.82 Å². The Morgan fingerprint density at radius 2 is 2.06 bits per heavy atom. The van der Waals surface area contributed by atoms with Gasteiger partial charge >= 0.3 is 5.76 Å². The first-order chi connectivity index (χ1) is 7.88. The van der Waals surface area contributed by atoms with Crippen molar-refractivity contribution in [1.29, 1.82) is 0 Å². The molecule has 1 aromatic heterocycles. The van der Waals surface area contributed by atoms with E-state index in [4.69, 9.17) is 0 Å². The summed E-state index contributed by atoms with van der Waals surface area (Å²) in [6, 6.07) is 5.86. The van der Waals surface area contributed by atoms with Crippen molar-refractivity contribution in [3.63, 3.8) is 0 Å². The molecule has 0 aliphatic rings. The van der Waals surface area contributed by atoms with Gasteiger partial charge in [-0.15, -0.1) is 0 Å². The summed E-state index contributed by atoms with van der Waals surface area (Å²) in [5, 5.41) is 3.73. The molecule has 4 nitrogen and oxygen atoms in total. The van der Waals surface area contributed by atoms with Crippen LogP contribution in [-0.2, 0) is 5.41 Å². The molecule has 0 aliphatic heterocycles. The van der Waals surface area contributed by atoms with Crippen LogP contribution in [0, 0.1) is 0 Å². The molecule has 2 rings (SSSR count). The highest BCUT2D eigenvalue weighted by molar-refractivity contribution is 9.10. The fourth-order valence-electron chi connectivity index (χ4n) is 1.69. The number of hydrogen-bond acceptors (Lipinski definition) is 3. The van der Waals surface area contributed by atoms with Gasteiger partial charge in [-0.2, -0.15) is 0 Å². The Morgan fingerprint density at radius 1 is 1.35 bits per heavy atom. The zero-order valence-corrected chi connectivity index (χ0v) is 11.5. The summed E-state index contributed by atoms with van der Waals surface area (Å²) >= 11 is 3.45. The lowest BCUT2D eigenvalue weighted by atomic mass is 9.83. The molecule has 0 saturated carbocycles. The van der Waals surface area contributed by atoms with Crippen LogP contribution < -0.4 is 5.76 Å². The summed E-state index contributed by atoms with van der Waals surface area (Å²) in [4.78, 5) is 13.6. The maximum Gasteiger partial charge on any atom is 0.439 e. The highest BCUT2D eigenvalue weighted by atomic mass is 79.9. The second-order valence-corrected chi connectivity index (χ2v) is 5.80. The number of aromatic nitrogens is 2. The van der Waals surface area contributed by atoms with E-state index < -0.39 is 5.76 Å². The number of halogens is 1. The van der Waals surface area contributed by atoms with Gasteiger partial charge in [0.05, 0.1) is 0 Å². The van der Waals surface area contributed by atoms with Crippen LogP contribution in [0.25, 0.3) is 11.4 Å². The van der Waals surface area contributed by atoms with Crippen molar-refractivity contribution in [1.82, 2.24) is 10.1 Å². The quantitative estimate of drug-likeness (QED) is 0.880. The third-order valence-corrected chi connectivity index (χ3v) is 2.98. The molecule has 0 unspecified atom stereocenters. The van der Waals surface area contributed by atoms with E-state index in [-0.39, 0.29) is 5.41 Å². The van der Waals surface area contributed by atoms with Gasteiger partial charge in [-0.3, -0.25) is 9.51 Å². The summed E-state index contributed by atoms with van der Waals surface area (Å²) in [5.74, 6) is -0.0739. The van der Waals surface area contributed by atoms with Crippen molar-refractivity contribution in [3.05, 3.63) is 38.8 Å². The topological polar surface area (TPSA) is 58.9 Å². The second-order valence-electron chi connectivity index (χ2n) is 4.88. The van der Waals surface area contributed by atoms with Crippen molar-refractivity contribution >= 4 is 15.9 Å². The van der Waals surface area contributed by atoms with Crippen LogP contribution in [0.15, 0.2) is 32.0 Å². The van der Waals surface area contributed by atoms with Gasteiger partial charge in [-0.05, 0) is 29.2 Å². The smallest absolute Gasteiger partial charge is 0.296 e. The van der Waals surface area contributed by atoms with Crippen LogP contribution in [0.4, 0.5) is 0 Å². The molecule has 0 atom stereocenters. The Balaban J connectivity index is 2.65. The zero-order valence-electron chi connectivity index (χ0n) is 9.87. The first-order valence-corrected chi connectivity index (χ1v) is 6.03. The summed E-state index contributed by atoms with van der Waals surface area (Å²) in [5.41, 5.74) is 1.93. The van der Waals surface area contributed by atoms with Crippen LogP contribution in [-0.4, -0.2) is 10.1 Å². The first-order valence-electron chi connectivity index (χ1n) is 5.24. The van der Waals surface area contributed by atoms with Gasteiger partial charge in [-0.25, -0.2) is 4.79 Å². The fourth-order valence-corrected chi connectivity index (χ4v) is 2.05. The van der Waals surface area contributed by atoms with Crippen LogP contribution >= 0.6 is 15.9 Å². The van der Waals surface area contributed by atoms with Crippen molar-refractivity contribution in [2.24, 2.45) is 0 Å². The summed E-state index contributed by atoms with van der Waals surface area (Å²) in [7, 11) is 0. The lowest BCUT2D eigenvalue weighted by Gasteiger charge is -2.22. The largest absolute Gasteiger partial charge is 0.439 e. The summed E-state index contributed by atoms with van der Waals surface area (Å²) < 4.78 is 5.54. The average molecular weight is 297 g/mol. The maximum atomic E-state index is 11.0. The molecule has 0 bridgehead atoms. The molecule has 5 heteroatoms. The van der Waals surface area contributed by atoms with E-state index in [0.29, 0.717) is 5.82 Å². The molecule has 17 heavy (non-hydrogen) atoms. The minimum absolute atomic E-state index is 0.0467. The minimum Gasteiger partial charge on any atom is -0.296 e. The van der Waals surface area contributed by atoms with Gasteiger partial charge in [0.2, 0.25) is 0 Å². The number of nitrogens with zero attached hydrogens (tertiary/aromatic N) is 1. The lowest BCUT2D eigenvalue weighted by Crippen LogP contribution is -2.13. The third-order valence-electron chi connectivity index (χ3n) is 2.49. The Bertz CT molecular complexity index is 593. The molecule has 1 aromatic carbocycles. The molecule has 1 heterocycles. The molecule has 0 aliphatic carbocycles. The Hall–Kier alpha value is -1.36. The lowest BCUT2D eigenvalue weighted by molar-refractivity contribution is 0.388. The average Bonchev–Trinajstić information content (AvgIpc) is 2.63. The standard InChI is InChI=1S/C12H13BrN2O2/c1-12(2,3)9-6-7(13)4-5-8(9)10-14-11(16)17-15-10/h4-6H,1-3H3,(H,14,15,16). The SMILES string of the molecule is CC(C)(C)c1cc(Br)ccc1-c1noc(=O)[nH]1. The number of rotatable bonds is 1. The predicted molar refractivity (Wildman–Crippen MR) is 69.0 cm³/mol. The van der Waals surface area contributed by atoms with Gasteiger partial charge in [0, 0.05) is 10.0 Å². The van der Waals surface area contributed by atoms with Crippen molar-refractivity contribution < 1.29 is 4.52 Å². The molecule has 0 spiro atoms. The van der Waals surface area contributed by atoms with E-state index in [1.165, 1.54) is 0 Å².